The molecule has 1 aromatic rings. The van der Waals surface area contributed by atoms with Crippen LogP contribution in [0, 0.1) is 0 Å². The second kappa shape index (κ2) is 3.41. The molecule has 0 aliphatic carbocycles. The Kier molecular flexibility index (Phi) is 2.50. The molecule has 3 nitrogen and oxygen atoms in total. The van der Waals surface area contributed by atoms with E-state index < -0.39 is 0 Å². The maximum absolute atomic E-state index is 5.37. The molecule has 0 amide bonds. The number of hydrogen-bond acceptors (Lipinski definition) is 5. The zero-order valence-electron chi connectivity index (χ0n) is 5.07. The molecule has 0 bridgehead atoms. The smallest absolute Gasteiger partial charge is 0.180 e. The zero-order chi connectivity index (χ0) is 7.40. The van der Waals surface area contributed by atoms with E-state index in [0.717, 1.165) is 5.69 Å². The van der Waals surface area contributed by atoms with Crippen molar-refractivity contribution in [3.8, 4) is 0 Å². The number of hydrogen-bond donors (Lipinski definition) is 1. The van der Waals surface area contributed by atoms with Crippen LogP contribution in [0.4, 0.5) is 5.13 Å². The van der Waals surface area contributed by atoms with Crippen LogP contribution in [0.5, 0.6) is 0 Å². The highest BCUT2D eigenvalue weighted by atomic mass is 32.1. The molecule has 0 unspecified atom stereocenters. The summed E-state index contributed by atoms with van der Waals surface area (Å²) in [6, 6.07) is 0. The van der Waals surface area contributed by atoms with Gasteiger partial charge in [-0.25, -0.2) is 9.98 Å². The third-order valence-corrected chi connectivity index (χ3v) is 1.73. The lowest BCUT2D eigenvalue weighted by Crippen LogP contribution is -1.84. The number of rotatable bonds is 2. The van der Waals surface area contributed by atoms with Crippen molar-refractivity contribution >= 4 is 33.8 Å². The second-order valence-electron chi connectivity index (χ2n) is 1.58. The van der Waals surface area contributed by atoms with E-state index in [2.05, 4.69) is 27.4 Å². The van der Waals surface area contributed by atoms with Crippen LogP contribution in [0.1, 0.15) is 5.69 Å². The number of nitrogen functional groups attached to an aromatic ring is 1. The fourth-order valence-corrected chi connectivity index (χ4v) is 1.13. The van der Waals surface area contributed by atoms with Gasteiger partial charge in [-0.05, 0) is 12.2 Å². The SMILES string of the molecule is Nc1nc(CN=C=S)cs1. The van der Waals surface area contributed by atoms with Gasteiger partial charge in [0.2, 0.25) is 0 Å². The summed E-state index contributed by atoms with van der Waals surface area (Å²) in [6.45, 7) is 0.483. The summed E-state index contributed by atoms with van der Waals surface area (Å²) in [4.78, 5) is 7.67. The minimum absolute atomic E-state index is 0.483. The van der Waals surface area contributed by atoms with Gasteiger partial charge in [-0.2, -0.15) is 0 Å². The predicted octanol–water partition coefficient (Wildman–Crippen LogP) is 1.33. The van der Waals surface area contributed by atoms with E-state index in [-0.39, 0.29) is 0 Å². The molecule has 0 radical (unpaired) electrons. The Hall–Kier alpha value is -0.770. The molecule has 10 heavy (non-hydrogen) atoms. The number of thiocarbonyl (C=S) groups is 1. The summed E-state index contributed by atoms with van der Waals surface area (Å²) in [5.41, 5.74) is 6.22. The average Bonchev–Trinajstić information content (AvgIpc) is 2.31. The van der Waals surface area contributed by atoms with Crippen LogP contribution in [-0.4, -0.2) is 10.1 Å². The average molecular weight is 171 g/mol. The highest BCUT2D eigenvalue weighted by Gasteiger charge is 1.94. The van der Waals surface area contributed by atoms with Gasteiger partial charge < -0.3 is 5.73 Å². The first-order valence-electron chi connectivity index (χ1n) is 2.56. The van der Waals surface area contributed by atoms with E-state index in [9.17, 15) is 0 Å². The van der Waals surface area contributed by atoms with Crippen molar-refractivity contribution in [2.24, 2.45) is 4.99 Å². The monoisotopic (exact) mass is 171 g/mol. The summed E-state index contributed by atoms with van der Waals surface area (Å²) in [5, 5.41) is 4.67. The molecular weight excluding hydrogens is 166 g/mol. The van der Waals surface area contributed by atoms with Gasteiger partial charge in [0, 0.05) is 5.38 Å². The minimum atomic E-state index is 0.483. The van der Waals surface area contributed by atoms with E-state index in [1.54, 1.807) is 0 Å². The summed E-state index contributed by atoms with van der Waals surface area (Å²) in [5.74, 6) is 0. The van der Waals surface area contributed by atoms with Crippen molar-refractivity contribution in [1.29, 1.82) is 0 Å². The van der Waals surface area contributed by atoms with E-state index >= 15 is 0 Å². The summed E-state index contributed by atoms with van der Waals surface area (Å²) in [6.07, 6.45) is 0. The molecule has 1 heterocycles. The van der Waals surface area contributed by atoms with Gasteiger partial charge >= 0.3 is 0 Å². The van der Waals surface area contributed by atoms with Crippen LogP contribution in [-0.2, 0) is 6.54 Å². The van der Waals surface area contributed by atoms with Gasteiger partial charge in [0.1, 0.15) is 0 Å². The van der Waals surface area contributed by atoms with Gasteiger partial charge in [0.05, 0.1) is 17.4 Å². The number of aromatic nitrogens is 1. The first kappa shape index (κ1) is 7.34. The van der Waals surface area contributed by atoms with Crippen LogP contribution in [0.25, 0.3) is 0 Å². The van der Waals surface area contributed by atoms with E-state index in [1.165, 1.54) is 11.3 Å². The van der Waals surface area contributed by atoms with Crippen molar-refractivity contribution in [3.05, 3.63) is 11.1 Å². The first-order chi connectivity index (χ1) is 4.83. The topological polar surface area (TPSA) is 51.3 Å². The molecule has 0 saturated heterocycles. The highest BCUT2D eigenvalue weighted by molar-refractivity contribution is 7.78. The number of anilines is 1. The van der Waals surface area contributed by atoms with Crippen molar-refractivity contribution in [1.82, 2.24) is 4.98 Å². The van der Waals surface area contributed by atoms with Crippen molar-refractivity contribution in [2.45, 2.75) is 6.54 Å². The van der Waals surface area contributed by atoms with Crippen LogP contribution in [0.3, 0.4) is 0 Å². The molecule has 0 aliphatic heterocycles. The Balaban J connectivity index is 2.66. The van der Waals surface area contributed by atoms with Gasteiger partial charge in [-0.1, -0.05) is 0 Å². The van der Waals surface area contributed by atoms with Gasteiger partial charge in [0.25, 0.3) is 0 Å². The van der Waals surface area contributed by atoms with Crippen LogP contribution in [0.2, 0.25) is 0 Å². The molecule has 5 heteroatoms. The summed E-state index contributed by atoms with van der Waals surface area (Å²) >= 11 is 5.79. The van der Waals surface area contributed by atoms with Crippen molar-refractivity contribution < 1.29 is 0 Å². The molecule has 0 aromatic carbocycles. The molecule has 1 rings (SSSR count). The quantitative estimate of drug-likeness (QED) is 0.539. The molecule has 2 N–H and O–H groups in total. The van der Waals surface area contributed by atoms with Crippen molar-refractivity contribution in [2.75, 3.05) is 5.73 Å². The lowest BCUT2D eigenvalue weighted by atomic mass is 10.5. The molecule has 0 saturated carbocycles. The van der Waals surface area contributed by atoms with Gasteiger partial charge in [-0.15, -0.1) is 11.3 Å². The maximum Gasteiger partial charge on any atom is 0.180 e. The minimum Gasteiger partial charge on any atom is -0.375 e. The van der Waals surface area contributed by atoms with Crippen LogP contribution in [0.15, 0.2) is 10.4 Å². The Morgan fingerprint density at radius 2 is 2.70 bits per heavy atom. The molecule has 0 spiro atoms. The Bertz CT molecular complexity index is 262. The van der Waals surface area contributed by atoms with Gasteiger partial charge in [-0.3, -0.25) is 0 Å². The van der Waals surface area contributed by atoms with Crippen molar-refractivity contribution in [3.63, 3.8) is 0 Å². The molecule has 52 valence electrons. The highest BCUT2D eigenvalue weighted by Crippen LogP contribution is 2.10. The standard InChI is InChI=1S/C5H5N3S2/c6-5-8-4(2-10-5)1-7-3-9/h2H,1H2,(H2,6,8). The molecule has 0 aliphatic rings. The Labute approximate surface area is 67.6 Å². The first-order valence-corrected chi connectivity index (χ1v) is 3.85. The third-order valence-electron chi connectivity index (χ3n) is 0.875. The number of isothiocyanates is 1. The fraction of sp³-hybridized carbons (Fsp3) is 0.200. The fourth-order valence-electron chi connectivity index (χ4n) is 0.509. The lowest BCUT2D eigenvalue weighted by molar-refractivity contribution is 1.02. The number of nitrogens with zero attached hydrogens (tertiary/aromatic N) is 2. The largest absolute Gasteiger partial charge is 0.375 e. The Morgan fingerprint density at radius 1 is 1.90 bits per heavy atom. The molecule has 0 atom stereocenters. The predicted molar refractivity (Wildman–Crippen MR) is 45.3 cm³/mol. The molecule has 0 fully saturated rings. The van der Waals surface area contributed by atoms with E-state index in [1.807, 2.05) is 5.38 Å². The number of thiazole rings is 1. The summed E-state index contributed by atoms with van der Waals surface area (Å²) < 4.78 is 0. The van der Waals surface area contributed by atoms with Crippen LogP contribution >= 0.6 is 23.6 Å². The van der Waals surface area contributed by atoms with Gasteiger partial charge in [0.15, 0.2) is 5.13 Å². The number of nitrogens with two attached hydrogens (primary N) is 1. The van der Waals surface area contributed by atoms with Crippen LogP contribution < -0.4 is 5.73 Å². The van der Waals surface area contributed by atoms with E-state index in [4.69, 9.17) is 5.73 Å². The lowest BCUT2D eigenvalue weighted by Gasteiger charge is -1.81. The normalized spacial score (nSPS) is 8.80. The second-order valence-corrected chi connectivity index (χ2v) is 2.66. The third kappa shape index (κ3) is 1.88. The Morgan fingerprint density at radius 3 is 3.20 bits per heavy atom. The molecule has 1 aromatic heterocycles. The maximum atomic E-state index is 5.37. The number of aliphatic imine (C=N–C) groups is 1. The van der Waals surface area contributed by atoms with E-state index in [0.29, 0.717) is 11.7 Å². The zero-order valence-corrected chi connectivity index (χ0v) is 6.71. The summed E-state index contributed by atoms with van der Waals surface area (Å²) in [7, 11) is 0. The molecular formula is C5H5N3S2.